The number of aromatic nitrogens is 3. The van der Waals surface area contributed by atoms with Crippen LogP contribution in [0.25, 0.3) is 10.9 Å². The zero-order chi connectivity index (χ0) is 20.4. The summed E-state index contributed by atoms with van der Waals surface area (Å²) in [5, 5.41) is 16.3. The molecule has 0 aliphatic heterocycles. The molecule has 3 aromatic rings. The summed E-state index contributed by atoms with van der Waals surface area (Å²) in [6, 6.07) is 9.35. The molecule has 1 fully saturated rings. The normalized spacial score (nSPS) is 20.8. The first kappa shape index (κ1) is 19.0. The fraction of sp³-hybridized carbons (Fsp3) is 0.300. The van der Waals surface area contributed by atoms with E-state index in [0.29, 0.717) is 18.5 Å². The molecule has 0 spiro atoms. The molecule has 0 unspecified atom stereocenters. The maximum atomic E-state index is 13.9. The van der Waals surface area contributed by atoms with Crippen molar-refractivity contribution in [2.24, 2.45) is 5.73 Å². The van der Waals surface area contributed by atoms with Gasteiger partial charge in [0.15, 0.2) is 11.5 Å². The molecule has 1 aliphatic rings. The quantitative estimate of drug-likeness (QED) is 0.619. The van der Waals surface area contributed by atoms with E-state index in [2.05, 4.69) is 25.6 Å². The lowest BCUT2D eigenvalue weighted by molar-refractivity contribution is -0.0554. The van der Waals surface area contributed by atoms with E-state index < -0.39 is 18.0 Å². The van der Waals surface area contributed by atoms with E-state index in [9.17, 15) is 14.0 Å². The Morgan fingerprint density at radius 2 is 2.10 bits per heavy atom. The summed E-state index contributed by atoms with van der Waals surface area (Å²) in [5.74, 6) is -2.40. The summed E-state index contributed by atoms with van der Waals surface area (Å²) in [6.45, 7) is 0. The van der Waals surface area contributed by atoms with Gasteiger partial charge < -0.3 is 16.4 Å². The molecule has 2 aromatic heterocycles. The number of alkyl halides is 2. The first-order chi connectivity index (χ1) is 14.0. The maximum Gasteiger partial charge on any atom is 0.264 e. The Balaban J connectivity index is 1.59. The van der Waals surface area contributed by atoms with E-state index >= 15 is 0 Å². The highest BCUT2D eigenvalue weighted by molar-refractivity contribution is 5.83. The average molecular weight is 395 g/mol. The summed E-state index contributed by atoms with van der Waals surface area (Å²) in [5.41, 5.74) is 7.38. The fourth-order valence-electron chi connectivity index (χ4n) is 3.47. The number of halogens is 2. The molecular weight excluding hydrogens is 376 g/mol. The molecule has 2 heterocycles. The predicted octanol–water partition coefficient (Wildman–Crippen LogP) is 3.57. The number of hydrogen-bond acceptors (Lipinski definition) is 7. The van der Waals surface area contributed by atoms with E-state index in [1.54, 1.807) is 6.20 Å². The number of nitriles is 1. The number of fused-ring (bicyclic) bond motifs is 1. The molecule has 0 saturated heterocycles. The lowest BCUT2D eigenvalue weighted by atomic mass is 9.87. The van der Waals surface area contributed by atoms with E-state index in [0.717, 1.165) is 10.9 Å². The molecule has 1 aromatic carbocycles. The molecule has 7 nitrogen and oxygen atoms in total. The molecule has 4 rings (SSSR count). The van der Waals surface area contributed by atoms with Crippen molar-refractivity contribution in [3.8, 4) is 6.07 Å². The molecule has 1 saturated carbocycles. The number of anilines is 3. The third-order valence-electron chi connectivity index (χ3n) is 5.02. The van der Waals surface area contributed by atoms with Gasteiger partial charge in [0.05, 0.1) is 17.8 Å². The number of benzene rings is 1. The van der Waals surface area contributed by atoms with Crippen molar-refractivity contribution in [1.82, 2.24) is 15.0 Å². The minimum absolute atomic E-state index is 0.0973. The van der Waals surface area contributed by atoms with Crippen LogP contribution >= 0.6 is 0 Å². The number of nitrogens with one attached hydrogen (secondary N) is 2. The summed E-state index contributed by atoms with van der Waals surface area (Å²) >= 11 is 0. The molecule has 4 N–H and O–H groups in total. The van der Waals surface area contributed by atoms with Gasteiger partial charge in [0.1, 0.15) is 11.9 Å². The molecule has 0 radical (unpaired) electrons. The fourth-order valence-corrected chi connectivity index (χ4v) is 3.47. The second kappa shape index (κ2) is 7.56. The molecule has 29 heavy (non-hydrogen) atoms. The first-order valence-electron chi connectivity index (χ1n) is 9.25. The van der Waals surface area contributed by atoms with Gasteiger partial charge in [-0.15, -0.1) is 0 Å². The van der Waals surface area contributed by atoms with Crippen molar-refractivity contribution < 1.29 is 8.78 Å². The Morgan fingerprint density at radius 3 is 2.93 bits per heavy atom. The Kier molecular flexibility index (Phi) is 4.94. The van der Waals surface area contributed by atoms with Gasteiger partial charge >= 0.3 is 0 Å². The van der Waals surface area contributed by atoms with Gasteiger partial charge in [0.25, 0.3) is 5.92 Å². The Morgan fingerprint density at radius 1 is 1.24 bits per heavy atom. The van der Waals surface area contributed by atoms with Crippen LogP contribution in [0.2, 0.25) is 0 Å². The summed E-state index contributed by atoms with van der Waals surface area (Å²) in [4.78, 5) is 12.7. The van der Waals surface area contributed by atoms with Crippen LogP contribution in [0.3, 0.4) is 0 Å². The smallest absolute Gasteiger partial charge is 0.264 e. The number of nitrogens with two attached hydrogens (primary N) is 1. The molecule has 1 aliphatic carbocycles. The first-order valence-corrected chi connectivity index (χ1v) is 9.25. The Labute approximate surface area is 166 Å². The predicted molar refractivity (Wildman–Crippen MR) is 106 cm³/mol. The lowest BCUT2D eigenvalue weighted by Crippen LogP contribution is -2.55. The molecule has 148 valence electrons. The minimum atomic E-state index is -2.92. The largest absolute Gasteiger partial charge is 0.364 e. The summed E-state index contributed by atoms with van der Waals surface area (Å²) in [6.07, 6.45) is 3.74. The number of hydrogen-bond donors (Lipinski definition) is 3. The van der Waals surface area contributed by atoms with Crippen molar-refractivity contribution >= 4 is 28.2 Å². The highest BCUT2D eigenvalue weighted by Gasteiger charge is 2.44. The van der Waals surface area contributed by atoms with Crippen LogP contribution in [0, 0.1) is 11.3 Å². The maximum absolute atomic E-state index is 13.9. The second-order valence-electron chi connectivity index (χ2n) is 7.03. The van der Waals surface area contributed by atoms with Gasteiger partial charge in [-0.1, -0.05) is 6.07 Å². The van der Waals surface area contributed by atoms with Crippen LogP contribution in [-0.2, 0) is 0 Å². The third-order valence-corrected chi connectivity index (χ3v) is 5.02. The van der Waals surface area contributed by atoms with E-state index in [1.807, 2.05) is 36.4 Å². The minimum Gasteiger partial charge on any atom is -0.364 e. The van der Waals surface area contributed by atoms with Crippen molar-refractivity contribution in [3.05, 3.63) is 48.4 Å². The third kappa shape index (κ3) is 3.93. The SMILES string of the molecule is N#Cc1ncc(N[C@@H]2CCCC(F)(F)[C@@H]2N)nc1Nc1ccc2ncccc2c1. The monoisotopic (exact) mass is 395 g/mol. The summed E-state index contributed by atoms with van der Waals surface area (Å²) < 4.78 is 27.8. The number of rotatable bonds is 4. The Hall–Kier alpha value is -3.38. The zero-order valence-electron chi connectivity index (χ0n) is 15.4. The molecule has 0 bridgehead atoms. The van der Waals surface area contributed by atoms with Gasteiger partial charge in [-0.25, -0.2) is 18.7 Å². The van der Waals surface area contributed by atoms with Gasteiger partial charge in [-0.2, -0.15) is 5.26 Å². The van der Waals surface area contributed by atoms with Gasteiger partial charge in [0, 0.05) is 29.7 Å². The van der Waals surface area contributed by atoms with Crippen molar-refractivity contribution in [2.45, 2.75) is 37.3 Å². The molecule has 0 amide bonds. The number of pyridine rings is 1. The zero-order valence-corrected chi connectivity index (χ0v) is 15.4. The number of nitrogens with zero attached hydrogens (tertiary/aromatic N) is 4. The van der Waals surface area contributed by atoms with Crippen LogP contribution < -0.4 is 16.4 Å². The average Bonchev–Trinajstić information content (AvgIpc) is 2.71. The summed E-state index contributed by atoms with van der Waals surface area (Å²) in [7, 11) is 0. The highest BCUT2D eigenvalue weighted by Crippen LogP contribution is 2.33. The van der Waals surface area contributed by atoms with E-state index in [1.165, 1.54) is 6.20 Å². The standard InChI is InChI=1S/C20H19F2N7/c21-20(22)7-1-4-15(18(20)24)28-17-11-26-16(10-23)19(29-17)27-13-5-6-14-12(9-13)3-2-8-25-14/h2-3,5-6,8-9,11,15,18H,1,4,7,24H2,(H2,27,28,29)/t15-,18-/m1/s1. The van der Waals surface area contributed by atoms with E-state index in [-0.39, 0.29) is 23.8 Å². The van der Waals surface area contributed by atoms with Gasteiger partial charge in [0.2, 0.25) is 0 Å². The topological polar surface area (TPSA) is 113 Å². The molecule has 2 atom stereocenters. The van der Waals surface area contributed by atoms with Gasteiger partial charge in [-0.05, 0) is 37.1 Å². The molecule has 9 heteroatoms. The lowest BCUT2D eigenvalue weighted by Gasteiger charge is -2.36. The van der Waals surface area contributed by atoms with Crippen LogP contribution in [0.4, 0.5) is 26.1 Å². The van der Waals surface area contributed by atoms with Crippen LogP contribution in [0.5, 0.6) is 0 Å². The highest BCUT2D eigenvalue weighted by atomic mass is 19.3. The van der Waals surface area contributed by atoms with Gasteiger partial charge in [-0.3, -0.25) is 4.98 Å². The van der Waals surface area contributed by atoms with Crippen molar-refractivity contribution in [2.75, 3.05) is 10.6 Å². The van der Waals surface area contributed by atoms with Crippen molar-refractivity contribution in [1.29, 1.82) is 5.26 Å². The van der Waals surface area contributed by atoms with Crippen LogP contribution in [-0.4, -0.2) is 33.0 Å². The second-order valence-corrected chi connectivity index (χ2v) is 7.03. The Bertz CT molecular complexity index is 1080. The molecular formula is C20H19F2N7. The van der Waals surface area contributed by atoms with E-state index in [4.69, 9.17) is 5.73 Å². The van der Waals surface area contributed by atoms with Crippen LogP contribution in [0.1, 0.15) is 25.0 Å². The van der Waals surface area contributed by atoms with Crippen molar-refractivity contribution in [3.63, 3.8) is 0 Å². The van der Waals surface area contributed by atoms with Crippen LogP contribution in [0.15, 0.2) is 42.7 Å².